The third-order valence-electron chi connectivity index (χ3n) is 5.14. The van der Waals surface area contributed by atoms with Crippen molar-refractivity contribution in [2.45, 2.75) is 20.5 Å². The number of benzene rings is 2. The summed E-state index contributed by atoms with van der Waals surface area (Å²) in [4.78, 5) is 56.9. The first-order chi connectivity index (χ1) is 21.9. The highest BCUT2D eigenvalue weighted by Crippen LogP contribution is 2.17. The highest BCUT2D eigenvalue weighted by Gasteiger charge is 2.16. The third kappa shape index (κ3) is 20.3. The van der Waals surface area contributed by atoms with E-state index in [0.29, 0.717) is 11.1 Å². The van der Waals surface area contributed by atoms with E-state index < -0.39 is 29.8 Å². The number of carbonyl (C=O) groups excluding carboxylic acids is 4. The molecule has 0 aliphatic rings. The van der Waals surface area contributed by atoms with Gasteiger partial charge < -0.3 is 24.4 Å². The number of carbonyl (C=O) groups is 4. The smallest absolute Gasteiger partial charge is 0.334 e. The summed E-state index contributed by atoms with van der Waals surface area (Å²) < 4.78 is 14.3. The van der Waals surface area contributed by atoms with Gasteiger partial charge >= 0.3 is 23.9 Å². The number of hydrogen-bond acceptors (Lipinski definition) is 10. The quantitative estimate of drug-likeness (QED) is 0.0695. The van der Waals surface area contributed by atoms with Crippen LogP contribution < -0.4 is 0 Å². The molecule has 2 aromatic carbocycles. The van der Waals surface area contributed by atoms with Crippen molar-refractivity contribution in [2.24, 2.45) is 10.9 Å². The molecule has 0 amide bonds. The van der Waals surface area contributed by atoms with Crippen molar-refractivity contribution in [3.05, 3.63) is 126 Å². The van der Waals surface area contributed by atoms with E-state index in [2.05, 4.69) is 34.2 Å². The van der Waals surface area contributed by atoms with Gasteiger partial charge in [-0.1, -0.05) is 98.6 Å². The summed E-state index contributed by atoms with van der Waals surface area (Å²) in [5.41, 5.74) is 2.66. The zero-order valence-corrected chi connectivity index (χ0v) is 25.9. The molecule has 2 N–H and O–H groups in total. The molecule has 0 aliphatic heterocycles. The van der Waals surface area contributed by atoms with Crippen LogP contribution in [0.25, 0.3) is 6.08 Å². The molecule has 0 heterocycles. The van der Waals surface area contributed by atoms with Gasteiger partial charge in [-0.05, 0) is 25.0 Å². The summed E-state index contributed by atoms with van der Waals surface area (Å²) >= 11 is 0. The van der Waals surface area contributed by atoms with Crippen molar-refractivity contribution in [2.75, 3.05) is 26.4 Å². The zero-order chi connectivity index (χ0) is 34.7. The topological polar surface area (TPSA) is 166 Å². The molecule has 2 rings (SSSR count). The average molecular weight is 634 g/mol. The first-order valence-electron chi connectivity index (χ1n) is 13.8. The van der Waals surface area contributed by atoms with E-state index in [1.165, 1.54) is 12.2 Å². The van der Waals surface area contributed by atoms with Gasteiger partial charge in [-0.3, -0.25) is 0 Å². The molecule has 1 atom stereocenters. The lowest BCUT2D eigenvalue weighted by Crippen LogP contribution is -2.13. The van der Waals surface area contributed by atoms with Gasteiger partial charge in [-0.25, -0.2) is 29.0 Å². The largest absolute Gasteiger partial charge is 0.478 e. The number of aliphatic carboxylic acids is 1. The Bertz CT molecular complexity index is 1410. The van der Waals surface area contributed by atoms with E-state index in [-0.39, 0.29) is 38.5 Å². The Labute approximate surface area is 268 Å². The van der Waals surface area contributed by atoms with E-state index in [4.69, 9.17) is 14.9 Å². The summed E-state index contributed by atoms with van der Waals surface area (Å²) in [6.45, 7) is 13.9. The number of ether oxygens (including phenoxy) is 3. The van der Waals surface area contributed by atoms with Gasteiger partial charge in [0.05, 0.1) is 13.2 Å². The fraction of sp³-hybridized carbons (Fsp3) is 0.229. The maximum atomic E-state index is 12.3. The van der Waals surface area contributed by atoms with Crippen LogP contribution in [0.4, 0.5) is 0 Å². The number of aliphatic hydroxyl groups excluding tert-OH is 1. The number of esters is 3. The lowest BCUT2D eigenvalue weighted by atomic mass is 9.98. The minimum Gasteiger partial charge on any atom is -0.478 e. The molecule has 0 saturated carbocycles. The van der Waals surface area contributed by atoms with Crippen molar-refractivity contribution in [1.29, 1.82) is 0 Å². The Hall–Kier alpha value is -5.64. The van der Waals surface area contributed by atoms with Crippen LogP contribution >= 0.6 is 0 Å². The fourth-order valence-electron chi connectivity index (χ4n) is 2.83. The van der Waals surface area contributed by atoms with Crippen LogP contribution in [0.2, 0.25) is 0 Å². The first-order valence-corrected chi connectivity index (χ1v) is 13.8. The Morgan fingerprint density at radius 2 is 1.37 bits per heavy atom. The molecular weight excluding hydrogens is 594 g/mol. The molecule has 0 spiro atoms. The number of aliphatic hydroxyl groups is 1. The van der Waals surface area contributed by atoms with E-state index >= 15 is 0 Å². The van der Waals surface area contributed by atoms with E-state index in [1.54, 1.807) is 19.9 Å². The summed E-state index contributed by atoms with van der Waals surface area (Å²) in [7, 11) is 0. The van der Waals surface area contributed by atoms with Crippen molar-refractivity contribution in [3.63, 3.8) is 0 Å². The summed E-state index contributed by atoms with van der Waals surface area (Å²) in [5, 5.41) is 17.1. The lowest BCUT2D eigenvalue weighted by Gasteiger charge is -2.12. The molecule has 11 nitrogen and oxygen atoms in total. The first kappa shape index (κ1) is 40.4. The Kier molecular flexibility index (Phi) is 21.7. The summed E-state index contributed by atoms with van der Waals surface area (Å²) in [6.07, 6.45) is 7.27. The minimum atomic E-state index is -1.09. The second kappa shape index (κ2) is 24.8. The lowest BCUT2D eigenvalue weighted by molar-refractivity contribution is -0.141. The fourth-order valence-corrected chi connectivity index (χ4v) is 2.83. The van der Waals surface area contributed by atoms with Crippen molar-refractivity contribution in [3.8, 4) is 0 Å². The van der Waals surface area contributed by atoms with E-state index in [1.807, 2.05) is 66.7 Å². The maximum absolute atomic E-state index is 12.3. The molecule has 2 aromatic rings. The Morgan fingerprint density at radius 3 is 1.87 bits per heavy atom. The van der Waals surface area contributed by atoms with Crippen LogP contribution in [0.5, 0.6) is 0 Å². The number of allylic oxidation sites excluding steroid dienone is 2. The van der Waals surface area contributed by atoms with E-state index in [9.17, 15) is 24.0 Å². The van der Waals surface area contributed by atoms with Crippen LogP contribution in [0.3, 0.4) is 0 Å². The van der Waals surface area contributed by atoms with Gasteiger partial charge in [0.1, 0.15) is 19.8 Å². The van der Waals surface area contributed by atoms with Gasteiger partial charge in [0.15, 0.2) is 0 Å². The number of rotatable bonds is 15. The number of carboxylic acids is 1. The van der Waals surface area contributed by atoms with Crippen molar-refractivity contribution >= 4 is 36.0 Å². The van der Waals surface area contributed by atoms with Crippen LogP contribution in [0.15, 0.2) is 120 Å². The SMILES string of the molecule is C=C(C(=O)OCc1ccccc1)C(C=CC(=O)O)C=Cc1ccccc1.C=C(C)C(=O)OCCN=C=O.C=C(C)C(=O)OCCO. The number of carboxylic acid groups (broad SMARTS) is 1. The van der Waals surface area contributed by atoms with Crippen molar-refractivity contribution < 1.29 is 48.4 Å². The monoisotopic (exact) mass is 633 g/mol. The number of nitrogens with zero attached hydrogens (tertiary/aromatic N) is 1. The zero-order valence-electron chi connectivity index (χ0n) is 25.9. The van der Waals surface area contributed by atoms with Gasteiger partial charge in [-0.2, -0.15) is 0 Å². The van der Waals surface area contributed by atoms with Gasteiger partial charge in [0, 0.05) is 28.7 Å². The number of aliphatic imine (C=N–C) groups is 1. The standard InChI is InChI=1S/C22H20O4.C7H9NO3.C6H10O3/c1-17(22(25)26-16-19-10-6-3-7-11-19)20(14-15-21(23)24)13-12-18-8-4-2-5-9-18;1-6(2)7(10)11-4-3-8-5-9;1-5(2)6(8)9-4-3-7/h2-15,20H,1,16H2,(H,23,24);1,3-4H2,2H3;7H,1,3-4H2,2H3. The second-order valence-corrected chi connectivity index (χ2v) is 9.11. The molecule has 46 heavy (non-hydrogen) atoms. The Balaban J connectivity index is 0.000000833. The molecule has 0 fully saturated rings. The Morgan fingerprint density at radius 1 is 0.826 bits per heavy atom. The summed E-state index contributed by atoms with van der Waals surface area (Å²) in [5.74, 6) is -3.15. The number of isocyanates is 1. The predicted octanol–water partition coefficient (Wildman–Crippen LogP) is 4.80. The van der Waals surface area contributed by atoms with Crippen LogP contribution in [0, 0.1) is 5.92 Å². The summed E-state index contributed by atoms with van der Waals surface area (Å²) in [6, 6.07) is 18.8. The van der Waals surface area contributed by atoms with Crippen LogP contribution in [-0.4, -0.2) is 66.5 Å². The van der Waals surface area contributed by atoms with Gasteiger partial charge in [0.25, 0.3) is 0 Å². The van der Waals surface area contributed by atoms with Crippen LogP contribution in [-0.2, 0) is 44.8 Å². The molecule has 0 radical (unpaired) electrons. The van der Waals surface area contributed by atoms with E-state index in [0.717, 1.165) is 17.2 Å². The number of hydrogen-bond donors (Lipinski definition) is 2. The molecule has 0 aliphatic carbocycles. The predicted molar refractivity (Wildman–Crippen MR) is 173 cm³/mol. The molecule has 0 aromatic heterocycles. The molecular formula is C35H39NO10. The molecule has 0 saturated heterocycles. The third-order valence-corrected chi connectivity index (χ3v) is 5.14. The second-order valence-electron chi connectivity index (χ2n) is 9.11. The minimum absolute atomic E-state index is 0.0473. The van der Waals surface area contributed by atoms with Crippen LogP contribution in [0.1, 0.15) is 25.0 Å². The average Bonchev–Trinajstić information content (AvgIpc) is 3.05. The maximum Gasteiger partial charge on any atom is 0.334 e. The van der Waals surface area contributed by atoms with Gasteiger partial charge in [0.2, 0.25) is 6.08 Å². The molecule has 1 unspecified atom stereocenters. The van der Waals surface area contributed by atoms with Gasteiger partial charge in [-0.15, -0.1) is 0 Å². The van der Waals surface area contributed by atoms with Crippen molar-refractivity contribution in [1.82, 2.24) is 0 Å². The molecule has 0 bridgehead atoms. The normalized spacial score (nSPS) is 10.5. The molecule has 11 heteroatoms. The molecule has 244 valence electrons. The highest BCUT2D eigenvalue weighted by molar-refractivity contribution is 5.90. The highest BCUT2D eigenvalue weighted by atomic mass is 16.5.